The van der Waals surface area contributed by atoms with Gasteiger partial charge in [0.15, 0.2) is 5.39 Å². The first kappa shape index (κ1) is 16.8. The number of rotatable bonds is 3. The Balaban J connectivity index is 2.39. The smallest absolute Gasteiger partial charge is 0.347 e. The monoisotopic (exact) mass is 341 g/mol. The quantitative estimate of drug-likeness (QED) is 0.717. The number of methoxy groups -OCH3 is 2. The van der Waals surface area contributed by atoms with Crippen molar-refractivity contribution in [1.29, 1.82) is 0 Å². The van der Waals surface area contributed by atoms with Crippen LogP contribution in [0.15, 0.2) is 29.1 Å². The summed E-state index contributed by atoms with van der Waals surface area (Å²) in [5, 5.41) is 10.5. The number of ether oxygens (including phenoxy) is 2. The predicted molar refractivity (Wildman–Crippen MR) is 95.4 cm³/mol. The number of aromatic nitrogens is 2. The number of phenols is 1. The maximum absolute atomic E-state index is 12.7. The molecule has 0 amide bonds. The molecule has 0 bridgehead atoms. The van der Waals surface area contributed by atoms with Crippen LogP contribution >= 0.6 is 0 Å². The number of phenolic OH excluding ortho intramolecular Hbond substituents is 1. The minimum atomic E-state index is -0.244. The Morgan fingerprint density at radius 3 is 2.24 bits per heavy atom. The van der Waals surface area contributed by atoms with Crippen molar-refractivity contribution in [2.24, 2.45) is 7.05 Å². The largest absolute Gasteiger partial charge is 0.507 e. The summed E-state index contributed by atoms with van der Waals surface area (Å²) in [7, 11) is 4.96. The highest BCUT2D eigenvalue weighted by Crippen LogP contribution is 2.30. The van der Waals surface area contributed by atoms with E-state index < -0.39 is 0 Å². The van der Waals surface area contributed by atoms with Crippen LogP contribution in [0, 0.1) is 13.8 Å². The summed E-state index contributed by atoms with van der Waals surface area (Å²) in [4.78, 5) is 15.6. The van der Waals surface area contributed by atoms with Gasteiger partial charge in [0, 0.05) is 12.1 Å². The molecule has 3 aromatic rings. The fraction of sp³-hybridized carbons (Fsp3) is 0.263. The number of aromatic amines is 1. The summed E-state index contributed by atoms with van der Waals surface area (Å²) in [6.45, 7) is 3.66. The molecular weight excluding hydrogens is 320 g/mol. The van der Waals surface area contributed by atoms with Crippen molar-refractivity contribution in [1.82, 2.24) is 4.98 Å². The van der Waals surface area contributed by atoms with Crippen molar-refractivity contribution in [2.45, 2.75) is 13.8 Å². The third kappa shape index (κ3) is 2.69. The van der Waals surface area contributed by atoms with Crippen molar-refractivity contribution in [2.75, 3.05) is 14.2 Å². The van der Waals surface area contributed by atoms with E-state index in [4.69, 9.17) is 9.47 Å². The molecule has 0 saturated heterocycles. The zero-order chi connectivity index (χ0) is 18.3. The van der Waals surface area contributed by atoms with E-state index in [0.717, 1.165) is 16.7 Å². The van der Waals surface area contributed by atoms with Crippen molar-refractivity contribution >= 4 is 10.9 Å². The van der Waals surface area contributed by atoms with Gasteiger partial charge < -0.3 is 14.6 Å². The molecule has 1 aromatic heterocycles. The first-order valence-corrected chi connectivity index (χ1v) is 7.86. The number of fused-ring (bicyclic) bond motifs is 1. The molecule has 0 atom stereocenters. The van der Waals surface area contributed by atoms with Crippen LogP contribution < -0.4 is 19.6 Å². The molecule has 130 valence electrons. The van der Waals surface area contributed by atoms with Crippen LogP contribution in [0.5, 0.6) is 17.2 Å². The van der Waals surface area contributed by atoms with Gasteiger partial charge in [-0.05, 0) is 37.1 Å². The second-order valence-corrected chi connectivity index (χ2v) is 6.04. The van der Waals surface area contributed by atoms with E-state index >= 15 is 0 Å². The standard InChI is InChI=1S/C19H20N2O4/c1-10-6-12(7-11(2)17(10)22)18-20-19(23)16-14(21(18)3)8-13(24-4)9-15(16)25-5/h6-9H,1-5H3,(H,20,22,23)/p+1. The average Bonchev–Trinajstić information content (AvgIpc) is 2.61. The van der Waals surface area contributed by atoms with Gasteiger partial charge in [0.1, 0.15) is 22.8 Å². The fourth-order valence-electron chi connectivity index (χ4n) is 3.08. The minimum absolute atomic E-state index is 0.244. The Morgan fingerprint density at radius 1 is 1.04 bits per heavy atom. The molecule has 0 radical (unpaired) electrons. The second-order valence-electron chi connectivity index (χ2n) is 6.04. The van der Waals surface area contributed by atoms with Gasteiger partial charge in [-0.15, -0.1) is 0 Å². The first-order chi connectivity index (χ1) is 11.9. The Morgan fingerprint density at radius 2 is 1.68 bits per heavy atom. The highest BCUT2D eigenvalue weighted by atomic mass is 16.5. The summed E-state index contributed by atoms with van der Waals surface area (Å²) in [5.41, 5.74) is 2.76. The third-order valence-electron chi connectivity index (χ3n) is 4.43. The lowest BCUT2D eigenvalue weighted by Gasteiger charge is -2.11. The summed E-state index contributed by atoms with van der Waals surface area (Å²) in [5.74, 6) is 1.96. The lowest BCUT2D eigenvalue weighted by atomic mass is 10.0. The normalized spacial score (nSPS) is 10.9. The molecule has 0 spiro atoms. The number of aryl methyl sites for hydroxylation is 3. The molecular formula is C19H21N2O4+. The van der Waals surface area contributed by atoms with Gasteiger partial charge in [0.2, 0.25) is 0 Å². The zero-order valence-corrected chi connectivity index (χ0v) is 14.9. The minimum Gasteiger partial charge on any atom is -0.507 e. The van der Waals surface area contributed by atoms with Gasteiger partial charge in [0.25, 0.3) is 5.82 Å². The van der Waals surface area contributed by atoms with Crippen molar-refractivity contribution in [3.05, 3.63) is 45.7 Å². The summed E-state index contributed by atoms with van der Waals surface area (Å²) in [6, 6.07) is 7.18. The van der Waals surface area contributed by atoms with E-state index in [2.05, 4.69) is 4.98 Å². The van der Waals surface area contributed by atoms with E-state index in [1.165, 1.54) is 7.11 Å². The van der Waals surface area contributed by atoms with Crippen molar-refractivity contribution in [3.8, 4) is 28.6 Å². The van der Waals surface area contributed by atoms with Gasteiger partial charge >= 0.3 is 5.56 Å². The number of benzene rings is 2. The van der Waals surface area contributed by atoms with Gasteiger partial charge in [-0.3, -0.25) is 0 Å². The van der Waals surface area contributed by atoms with E-state index in [1.807, 2.05) is 37.6 Å². The molecule has 6 heteroatoms. The van der Waals surface area contributed by atoms with Crippen LogP contribution in [0.25, 0.3) is 22.3 Å². The number of nitrogens with one attached hydrogen (secondary N) is 1. The lowest BCUT2D eigenvalue weighted by molar-refractivity contribution is -0.636. The molecule has 25 heavy (non-hydrogen) atoms. The Bertz CT molecular complexity index is 1010. The highest BCUT2D eigenvalue weighted by molar-refractivity contribution is 5.84. The third-order valence-corrected chi connectivity index (χ3v) is 4.43. The number of aromatic hydroxyl groups is 1. The Kier molecular flexibility index (Phi) is 4.12. The van der Waals surface area contributed by atoms with Crippen LogP contribution in [0.4, 0.5) is 0 Å². The zero-order valence-electron chi connectivity index (χ0n) is 14.9. The molecule has 0 aliphatic heterocycles. The van der Waals surface area contributed by atoms with Crippen LogP contribution in [-0.4, -0.2) is 24.3 Å². The Hall–Kier alpha value is -3.02. The number of hydrogen-bond donors (Lipinski definition) is 2. The van der Waals surface area contributed by atoms with Gasteiger partial charge in [-0.25, -0.2) is 14.3 Å². The topological polar surface area (TPSA) is 75.4 Å². The highest BCUT2D eigenvalue weighted by Gasteiger charge is 2.22. The molecule has 0 saturated carbocycles. The summed E-state index contributed by atoms with van der Waals surface area (Å²) < 4.78 is 12.6. The Labute approximate surface area is 145 Å². The average molecular weight is 341 g/mol. The van der Waals surface area contributed by atoms with E-state index in [-0.39, 0.29) is 11.3 Å². The SMILES string of the molecule is COc1cc(OC)c2c(=O)[nH]c(-c3cc(C)c(O)c(C)c3)[n+](C)c2c1. The van der Waals surface area contributed by atoms with Gasteiger partial charge in [-0.2, -0.15) is 0 Å². The van der Waals surface area contributed by atoms with Crippen molar-refractivity contribution < 1.29 is 19.1 Å². The summed E-state index contributed by atoms with van der Waals surface area (Å²) >= 11 is 0. The molecule has 0 aliphatic rings. The first-order valence-electron chi connectivity index (χ1n) is 7.86. The molecule has 0 unspecified atom stereocenters. The van der Waals surface area contributed by atoms with Crippen LogP contribution in [-0.2, 0) is 7.05 Å². The maximum Gasteiger partial charge on any atom is 0.347 e. The lowest BCUT2D eigenvalue weighted by Crippen LogP contribution is -2.37. The van der Waals surface area contributed by atoms with Gasteiger partial charge in [-0.1, -0.05) is 0 Å². The predicted octanol–water partition coefficient (Wildman–Crippen LogP) is 2.36. The molecule has 3 rings (SSSR count). The number of nitrogens with zero attached hydrogens (tertiary/aromatic N) is 1. The van der Waals surface area contributed by atoms with E-state index in [9.17, 15) is 9.90 Å². The fourth-order valence-corrected chi connectivity index (χ4v) is 3.08. The number of hydrogen-bond acceptors (Lipinski definition) is 4. The van der Waals surface area contributed by atoms with Gasteiger partial charge in [0.05, 0.1) is 26.8 Å². The summed E-state index contributed by atoms with van der Waals surface area (Å²) in [6.07, 6.45) is 0. The molecule has 2 N–H and O–H groups in total. The van der Waals surface area contributed by atoms with Crippen LogP contribution in [0.1, 0.15) is 11.1 Å². The second kappa shape index (κ2) is 6.12. The van der Waals surface area contributed by atoms with E-state index in [1.54, 1.807) is 19.2 Å². The van der Waals surface area contributed by atoms with Crippen LogP contribution in [0.2, 0.25) is 0 Å². The molecule has 6 nitrogen and oxygen atoms in total. The maximum atomic E-state index is 12.7. The van der Waals surface area contributed by atoms with Crippen molar-refractivity contribution in [3.63, 3.8) is 0 Å². The molecule has 2 aromatic carbocycles. The van der Waals surface area contributed by atoms with E-state index in [0.29, 0.717) is 28.2 Å². The molecule has 0 aliphatic carbocycles. The molecule has 0 fully saturated rings. The van der Waals surface area contributed by atoms with Crippen LogP contribution in [0.3, 0.4) is 0 Å². The molecule has 1 heterocycles. The number of H-pyrrole nitrogens is 1.